The Kier molecular flexibility index (Phi) is 2.48. The summed E-state index contributed by atoms with van der Waals surface area (Å²) in [7, 11) is 0. The molecule has 3 heteroatoms. The van der Waals surface area contributed by atoms with Crippen LogP contribution in [0.25, 0.3) is 0 Å². The van der Waals surface area contributed by atoms with Crippen molar-refractivity contribution >= 4 is 0 Å². The number of aliphatic hydroxyl groups is 1. The molecule has 0 aromatic heterocycles. The molecule has 1 aliphatic heterocycles. The number of hydrogen-bond acceptors (Lipinski definition) is 3. The van der Waals surface area contributed by atoms with Crippen LogP contribution in [0.5, 0.6) is 0 Å². The second-order valence-corrected chi connectivity index (χ2v) is 4.82. The molecule has 0 aromatic rings. The van der Waals surface area contributed by atoms with Gasteiger partial charge < -0.3 is 14.6 Å². The van der Waals surface area contributed by atoms with Crippen molar-refractivity contribution < 1.29 is 14.6 Å². The van der Waals surface area contributed by atoms with E-state index in [1.54, 1.807) is 0 Å². The number of hydrogen-bond donors (Lipinski definition) is 1. The Hall–Kier alpha value is -0.120. The van der Waals surface area contributed by atoms with Gasteiger partial charge in [-0.05, 0) is 34.6 Å². The summed E-state index contributed by atoms with van der Waals surface area (Å²) in [6, 6.07) is 0. The fourth-order valence-electron chi connectivity index (χ4n) is 1.02. The fraction of sp³-hybridized carbons (Fsp3) is 0.900. The number of ether oxygens (including phenoxy) is 2. The van der Waals surface area contributed by atoms with Gasteiger partial charge in [-0.2, -0.15) is 0 Å². The fourth-order valence-corrected chi connectivity index (χ4v) is 1.02. The van der Waals surface area contributed by atoms with E-state index in [2.05, 4.69) is 6.92 Å². The Balaban J connectivity index is 2.82. The van der Waals surface area contributed by atoms with E-state index < -0.39 is 16.8 Å². The molecule has 3 nitrogen and oxygen atoms in total. The van der Waals surface area contributed by atoms with Crippen LogP contribution in [0.2, 0.25) is 0 Å². The molecule has 1 rings (SSSR count). The molecule has 1 radical (unpaired) electrons. The second-order valence-electron chi connectivity index (χ2n) is 4.82. The lowest BCUT2D eigenvalue weighted by atomic mass is 9.89. The van der Waals surface area contributed by atoms with Gasteiger partial charge in [0.2, 0.25) is 0 Å². The normalized spacial score (nSPS) is 30.9. The minimum absolute atomic E-state index is 0.212. The summed E-state index contributed by atoms with van der Waals surface area (Å²) in [5.41, 5.74) is -1.94. The summed E-state index contributed by atoms with van der Waals surface area (Å²) in [6.45, 7) is 11.9. The van der Waals surface area contributed by atoms with Gasteiger partial charge in [0, 0.05) is 0 Å². The molecule has 77 valence electrons. The zero-order valence-corrected chi connectivity index (χ0v) is 8.89. The summed E-state index contributed by atoms with van der Waals surface area (Å²) >= 11 is 0. The highest BCUT2D eigenvalue weighted by Crippen LogP contribution is 2.33. The molecule has 0 aliphatic carbocycles. The SMILES string of the molecule is [CH2]C1(O)COC(C)(C)C(C)(C)OC1. The van der Waals surface area contributed by atoms with Crippen molar-refractivity contribution in [1.82, 2.24) is 0 Å². The minimum atomic E-state index is -1.12. The average Bonchev–Trinajstić information content (AvgIpc) is 2.02. The van der Waals surface area contributed by atoms with Crippen molar-refractivity contribution in [2.45, 2.75) is 44.5 Å². The van der Waals surface area contributed by atoms with Crippen LogP contribution in [-0.4, -0.2) is 35.1 Å². The molecule has 1 aliphatic rings. The highest BCUT2D eigenvalue weighted by molar-refractivity contribution is 4.95. The monoisotopic (exact) mass is 187 g/mol. The summed E-state index contributed by atoms with van der Waals surface area (Å²) in [6.07, 6.45) is 0. The van der Waals surface area contributed by atoms with Crippen molar-refractivity contribution in [3.63, 3.8) is 0 Å². The topological polar surface area (TPSA) is 38.7 Å². The quantitative estimate of drug-likeness (QED) is 0.618. The van der Waals surface area contributed by atoms with Crippen molar-refractivity contribution in [2.75, 3.05) is 13.2 Å². The molecule has 1 saturated heterocycles. The molecule has 1 heterocycles. The van der Waals surface area contributed by atoms with Gasteiger partial charge in [-0.3, -0.25) is 0 Å². The molecule has 0 unspecified atom stereocenters. The third kappa shape index (κ3) is 2.22. The molecular weight excluding hydrogens is 168 g/mol. The summed E-state index contributed by atoms with van der Waals surface area (Å²) in [5, 5.41) is 9.66. The van der Waals surface area contributed by atoms with E-state index in [9.17, 15) is 5.11 Å². The van der Waals surface area contributed by atoms with Gasteiger partial charge >= 0.3 is 0 Å². The molecule has 0 saturated carbocycles. The highest BCUT2D eigenvalue weighted by Gasteiger charge is 2.44. The van der Waals surface area contributed by atoms with Gasteiger partial charge in [-0.25, -0.2) is 0 Å². The maximum Gasteiger partial charge on any atom is 0.111 e. The third-order valence-electron chi connectivity index (χ3n) is 2.85. The Morgan fingerprint density at radius 2 is 1.31 bits per heavy atom. The van der Waals surface area contributed by atoms with Crippen molar-refractivity contribution in [3.05, 3.63) is 6.92 Å². The Bertz CT molecular complexity index is 174. The maximum absolute atomic E-state index is 9.66. The van der Waals surface area contributed by atoms with Crippen LogP contribution in [0.1, 0.15) is 27.7 Å². The Labute approximate surface area is 80.0 Å². The molecule has 1 fully saturated rings. The van der Waals surface area contributed by atoms with Gasteiger partial charge in [-0.15, -0.1) is 0 Å². The number of rotatable bonds is 0. The van der Waals surface area contributed by atoms with Crippen LogP contribution >= 0.6 is 0 Å². The van der Waals surface area contributed by atoms with Crippen LogP contribution in [0.3, 0.4) is 0 Å². The van der Waals surface area contributed by atoms with Crippen LogP contribution in [0, 0.1) is 6.92 Å². The second kappa shape index (κ2) is 2.94. The van der Waals surface area contributed by atoms with Gasteiger partial charge in [0.15, 0.2) is 0 Å². The minimum Gasteiger partial charge on any atom is -0.385 e. The first-order valence-electron chi connectivity index (χ1n) is 4.52. The Morgan fingerprint density at radius 3 is 1.62 bits per heavy atom. The lowest BCUT2D eigenvalue weighted by Gasteiger charge is -2.38. The first-order chi connectivity index (χ1) is 5.66. The van der Waals surface area contributed by atoms with E-state index in [1.807, 2.05) is 27.7 Å². The molecule has 13 heavy (non-hydrogen) atoms. The summed E-state index contributed by atoms with van der Waals surface area (Å²) < 4.78 is 11.2. The summed E-state index contributed by atoms with van der Waals surface area (Å²) in [5.74, 6) is 0. The zero-order valence-electron chi connectivity index (χ0n) is 8.89. The lowest BCUT2D eigenvalue weighted by molar-refractivity contribution is -0.147. The largest absolute Gasteiger partial charge is 0.385 e. The van der Waals surface area contributed by atoms with Gasteiger partial charge in [0.05, 0.1) is 24.4 Å². The van der Waals surface area contributed by atoms with Crippen LogP contribution in [0.4, 0.5) is 0 Å². The van der Waals surface area contributed by atoms with Gasteiger partial charge in [0.25, 0.3) is 0 Å². The third-order valence-corrected chi connectivity index (χ3v) is 2.85. The molecule has 0 spiro atoms. The standard InChI is InChI=1S/C10H19O3/c1-8(2)9(3,4)13-7-10(5,11)6-12-8/h11H,5-7H2,1-4H3. The first kappa shape index (κ1) is 11.0. The predicted molar refractivity (Wildman–Crippen MR) is 50.4 cm³/mol. The first-order valence-corrected chi connectivity index (χ1v) is 4.52. The zero-order chi connectivity index (χ0) is 10.3. The maximum atomic E-state index is 9.66. The molecular formula is C10H19O3. The van der Waals surface area contributed by atoms with E-state index in [0.717, 1.165) is 0 Å². The van der Waals surface area contributed by atoms with Crippen LogP contribution in [0.15, 0.2) is 0 Å². The Morgan fingerprint density at radius 1 is 1.00 bits per heavy atom. The van der Waals surface area contributed by atoms with Crippen molar-refractivity contribution in [1.29, 1.82) is 0 Å². The molecule has 0 bridgehead atoms. The predicted octanol–water partition coefficient (Wildman–Crippen LogP) is 1.16. The van der Waals surface area contributed by atoms with E-state index >= 15 is 0 Å². The van der Waals surface area contributed by atoms with E-state index in [4.69, 9.17) is 9.47 Å². The van der Waals surface area contributed by atoms with E-state index in [-0.39, 0.29) is 13.2 Å². The molecule has 0 amide bonds. The van der Waals surface area contributed by atoms with Crippen molar-refractivity contribution in [3.8, 4) is 0 Å². The molecule has 0 aromatic carbocycles. The van der Waals surface area contributed by atoms with Gasteiger partial charge in [0.1, 0.15) is 5.60 Å². The van der Waals surface area contributed by atoms with Gasteiger partial charge in [-0.1, -0.05) is 0 Å². The molecule has 1 N–H and O–H groups in total. The van der Waals surface area contributed by atoms with Crippen LogP contribution < -0.4 is 0 Å². The van der Waals surface area contributed by atoms with Crippen LogP contribution in [-0.2, 0) is 9.47 Å². The molecule has 0 atom stereocenters. The van der Waals surface area contributed by atoms with Crippen molar-refractivity contribution in [2.24, 2.45) is 0 Å². The van der Waals surface area contributed by atoms with E-state index in [1.165, 1.54) is 0 Å². The smallest absolute Gasteiger partial charge is 0.111 e. The lowest BCUT2D eigenvalue weighted by Crippen LogP contribution is -2.48. The highest BCUT2D eigenvalue weighted by atomic mass is 16.6. The van der Waals surface area contributed by atoms with E-state index in [0.29, 0.717) is 0 Å². The average molecular weight is 187 g/mol. The summed E-state index contributed by atoms with van der Waals surface area (Å²) in [4.78, 5) is 0.